The van der Waals surface area contributed by atoms with Crippen molar-refractivity contribution >= 4 is 29.6 Å². The fraction of sp³-hybridized carbons (Fsp3) is 0.396. The summed E-state index contributed by atoms with van der Waals surface area (Å²) in [4.78, 5) is 70.5. The summed E-state index contributed by atoms with van der Waals surface area (Å²) in [5.41, 5.74) is 22.7. The molecule has 4 amide bonds. The van der Waals surface area contributed by atoms with Gasteiger partial charge in [0.05, 0.1) is 0 Å². The third-order valence-electron chi connectivity index (χ3n) is 11.0. The molecule has 63 heavy (non-hydrogen) atoms. The molecular weight excluding hydrogens is 803 g/mol. The van der Waals surface area contributed by atoms with E-state index < -0.39 is 53.8 Å². The third-order valence-corrected chi connectivity index (χ3v) is 11.0. The van der Waals surface area contributed by atoms with E-state index in [-0.39, 0.29) is 39.1 Å². The summed E-state index contributed by atoms with van der Waals surface area (Å²) in [5, 5.41) is 18.3. The van der Waals surface area contributed by atoms with Gasteiger partial charge in [-0.2, -0.15) is 0 Å². The van der Waals surface area contributed by atoms with Crippen molar-refractivity contribution in [3.05, 3.63) is 107 Å². The van der Waals surface area contributed by atoms with Crippen molar-refractivity contribution < 1.29 is 38.6 Å². The number of carboxylic acid groups (broad SMARTS) is 1. The van der Waals surface area contributed by atoms with Gasteiger partial charge in [-0.3, -0.25) is 19.2 Å². The quantitative estimate of drug-likeness (QED) is 0.0663. The molecule has 1 aliphatic heterocycles. The van der Waals surface area contributed by atoms with Gasteiger partial charge in [0.25, 0.3) is 5.91 Å². The minimum Gasteiger partial charge on any atom is -0.492 e. The van der Waals surface area contributed by atoms with Crippen molar-refractivity contribution in [2.24, 2.45) is 17.2 Å². The van der Waals surface area contributed by atoms with Gasteiger partial charge in [-0.1, -0.05) is 61.9 Å². The van der Waals surface area contributed by atoms with Crippen molar-refractivity contribution in [1.82, 2.24) is 20.9 Å². The Bertz CT molecular complexity index is 2220. The molecule has 336 valence electrons. The lowest BCUT2D eigenvalue weighted by Crippen LogP contribution is -2.54. The number of carboxylic acids is 1. The number of nitrogens with one attached hydrogen (secondary N) is 3. The van der Waals surface area contributed by atoms with Crippen LogP contribution in [0.4, 0.5) is 0 Å². The molecule has 0 aliphatic carbocycles. The van der Waals surface area contributed by atoms with Crippen LogP contribution in [-0.2, 0) is 32.0 Å². The van der Waals surface area contributed by atoms with Gasteiger partial charge in [-0.25, -0.2) is 4.79 Å². The Morgan fingerprint density at radius 3 is 2.14 bits per heavy atom. The van der Waals surface area contributed by atoms with Crippen LogP contribution in [0, 0.1) is 0 Å². The lowest BCUT2D eigenvalue weighted by atomic mass is 9.93. The molecule has 10 N–H and O–H groups in total. The average Bonchev–Trinajstić information content (AvgIpc) is 3.28. The summed E-state index contributed by atoms with van der Waals surface area (Å²) >= 11 is 0. The first-order valence-corrected chi connectivity index (χ1v) is 21.6. The Kier molecular flexibility index (Phi) is 17.6. The second kappa shape index (κ2) is 23.2. The molecule has 0 radical (unpaired) electrons. The molecule has 0 fully saturated rings. The Morgan fingerprint density at radius 1 is 0.810 bits per heavy atom. The number of fused-ring (bicyclic) bond motifs is 5. The van der Waals surface area contributed by atoms with Gasteiger partial charge < -0.3 is 52.6 Å². The number of carbonyl (C=O) groups is 5. The van der Waals surface area contributed by atoms with E-state index in [1.807, 2.05) is 18.2 Å². The second-order valence-corrected chi connectivity index (χ2v) is 15.7. The summed E-state index contributed by atoms with van der Waals surface area (Å²) in [5.74, 6) is -3.00. The lowest BCUT2D eigenvalue weighted by Gasteiger charge is -2.32. The number of benzene rings is 4. The molecule has 0 aromatic heterocycles. The van der Waals surface area contributed by atoms with E-state index >= 15 is 0 Å². The van der Waals surface area contributed by atoms with E-state index in [2.05, 4.69) is 35.0 Å². The maximum Gasteiger partial charge on any atom is 0.326 e. The molecule has 0 saturated carbocycles. The van der Waals surface area contributed by atoms with Crippen LogP contribution in [0.15, 0.2) is 84.9 Å². The predicted molar refractivity (Wildman–Crippen MR) is 242 cm³/mol. The van der Waals surface area contributed by atoms with Crippen molar-refractivity contribution in [2.75, 3.05) is 39.9 Å². The number of hydrogen-bond acceptors (Lipinski definition) is 10. The summed E-state index contributed by atoms with van der Waals surface area (Å²) in [6.45, 7) is 4.68. The molecule has 1 heterocycles. The minimum absolute atomic E-state index is 0.0851. The van der Waals surface area contributed by atoms with Gasteiger partial charge in [0, 0.05) is 43.2 Å². The summed E-state index contributed by atoms with van der Waals surface area (Å²) in [6, 6.07) is 20.6. The number of rotatable bonds is 19. The van der Waals surface area contributed by atoms with Gasteiger partial charge in [0.1, 0.15) is 48.9 Å². The number of nitrogens with zero attached hydrogens (tertiary/aromatic N) is 1. The number of aliphatic carboxylic acids is 1. The topological polar surface area (TPSA) is 241 Å². The summed E-state index contributed by atoms with van der Waals surface area (Å²) in [6.07, 6.45) is 4.42. The Labute approximate surface area is 369 Å². The molecule has 5 rings (SSSR count). The second-order valence-electron chi connectivity index (χ2n) is 15.7. The maximum atomic E-state index is 14.8. The molecule has 15 heteroatoms. The first kappa shape index (κ1) is 47.8. The van der Waals surface area contributed by atoms with E-state index in [4.69, 9.17) is 26.7 Å². The average molecular weight is 864 g/mol. The highest BCUT2D eigenvalue weighted by Gasteiger charge is 2.36. The fourth-order valence-electron chi connectivity index (χ4n) is 7.52. The molecule has 4 bridgehead atoms. The van der Waals surface area contributed by atoms with Gasteiger partial charge >= 0.3 is 5.97 Å². The number of hydrogen-bond donors (Lipinski definition) is 7. The highest BCUT2D eigenvalue weighted by molar-refractivity contribution is 6.00. The zero-order chi connectivity index (χ0) is 45.5. The molecule has 4 atom stereocenters. The van der Waals surface area contributed by atoms with E-state index in [0.717, 1.165) is 30.4 Å². The molecule has 0 unspecified atom stereocenters. The zero-order valence-corrected chi connectivity index (χ0v) is 36.4. The lowest BCUT2D eigenvalue weighted by molar-refractivity contribution is -0.143. The van der Waals surface area contributed by atoms with Crippen molar-refractivity contribution in [2.45, 2.75) is 83.0 Å². The molecule has 4 aromatic rings. The van der Waals surface area contributed by atoms with Gasteiger partial charge in [-0.15, -0.1) is 0 Å². The monoisotopic (exact) mass is 863 g/mol. The predicted octanol–water partition coefficient (Wildman–Crippen LogP) is 4.10. The van der Waals surface area contributed by atoms with Gasteiger partial charge in [0.2, 0.25) is 17.7 Å². The molecule has 1 aliphatic rings. The van der Waals surface area contributed by atoms with Crippen LogP contribution >= 0.6 is 0 Å². The largest absolute Gasteiger partial charge is 0.492 e. The Balaban J connectivity index is 1.56. The molecular formula is C48H61N7O8. The van der Waals surface area contributed by atoms with Crippen molar-refractivity contribution in [3.63, 3.8) is 0 Å². The highest BCUT2D eigenvalue weighted by Crippen LogP contribution is 2.40. The standard InChI is InChI=1S/C48H61N7O8/c1-4-5-9-31-13-16-33(17-14-31)34-10-8-11-36(28-34)45(57)53-39(12-6-7-21-49)47(59)55(3)43-35-18-20-42(63-25-23-51)38(29-35)37-26-32(15-19-41(37)62-24-22-50)27-40(48(60)61)54-44(56)30(2)52-46(43)58/h8,10-11,13-20,26,28-30,39-40,43H,4-7,9,12,21-25,27,49-51H2,1-3H3,(H,52,58)(H,53,57)(H,54,56)(H,60,61)/t30-,39-,40-,43-/m0/s1. The van der Waals surface area contributed by atoms with E-state index in [0.29, 0.717) is 58.7 Å². The van der Waals surface area contributed by atoms with Crippen molar-refractivity contribution in [1.29, 1.82) is 0 Å². The summed E-state index contributed by atoms with van der Waals surface area (Å²) in [7, 11) is 1.46. The molecule has 4 aromatic carbocycles. The van der Waals surface area contributed by atoms with Crippen molar-refractivity contribution in [3.8, 4) is 33.8 Å². The number of carbonyl (C=O) groups excluding carboxylic acids is 4. The fourth-order valence-corrected chi connectivity index (χ4v) is 7.52. The Hall–Kier alpha value is -6.29. The molecule has 0 saturated heterocycles. The van der Waals surface area contributed by atoms with Crippen LogP contribution in [0.5, 0.6) is 11.5 Å². The SMILES string of the molecule is CCCCc1ccc(-c2cccc(C(=O)N[C@@H](CCCCN)C(=O)N(C)[C@@H]3C(=O)N[C@@H](C)C(=O)N[C@H](C(=O)O)Cc4ccc(OCCN)c(c4)-c4cc3ccc4OCCN)c2)cc1. The first-order valence-electron chi connectivity index (χ1n) is 21.6. The van der Waals surface area contributed by atoms with Crippen LogP contribution in [-0.4, -0.2) is 97.6 Å². The molecule has 15 nitrogen and oxygen atoms in total. The van der Waals surface area contributed by atoms with Crippen LogP contribution in [0.1, 0.15) is 79.0 Å². The van der Waals surface area contributed by atoms with Crippen LogP contribution < -0.4 is 42.6 Å². The van der Waals surface area contributed by atoms with Gasteiger partial charge in [0.15, 0.2) is 0 Å². The first-order chi connectivity index (χ1) is 30.4. The van der Waals surface area contributed by atoms with Crippen LogP contribution in [0.25, 0.3) is 22.3 Å². The number of ether oxygens (including phenoxy) is 2. The smallest absolute Gasteiger partial charge is 0.326 e. The number of aryl methyl sites for hydroxylation is 1. The highest BCUT2D eigenvalue weighted by atomic mass is 16.5. The van der Waals surface area contributed by atoms with Crippen LogP contribution in [0.3, 0.4) is 0 Å². The normalized spacial score (nSPS) is 16.8. The maximum absolute atomic E-state index is 14.8. The summed E-state index contributed by atoms with van der Waals surface area (Å²) < 4.78 is 12.1. The number of amides is 4. The molecule has 0 spiro atoms. The van der Waals surface area contributed by atoms with E-state index in [1.54, 1.807) is 54.6 Å². The van der Waals surface area contributed by atoms with Crippen LogP contribution in [0.2, 0.25) is 0 Å². The number of unbranched alkanes of at least 4 members (excludes halogenated alkanes) is 2. The zero-order valence-electron chi connectivity index (χ0n) is 36.4. The van der Waals surface area contributed by atoms with E-state index in [1.165, 1.54) is 24.4 Å². The van der Waals surface area contributed by atoms with Gasteiger partial charge in [-0.05, 0) is 110 Å². The third kappa shape index (κ3) is 12.7. The van der Waals surface area contributed by atoms with E-state index in [9.17, 15) is 29.1 Å². The Morgan fingerprint density at radius 2 is 1.49 bits per heavy atom. The minimum atomic E-state index is -1.36. The number of likely N-dealkylation sites (N-methyl/N-ethyl adjacent to an activating group) is 1. The number of nitrogens with two attached hydrogens (primary N) is 3.